The molecule has 1 aliphatic heterocycles. The maximum absolute atomic E-state index is 14.0. The van der Waals surface area contributed by atoms with E-state index in [1.807, 2.05) is 10.6 Å². The average Bonchev–Trinajstić information content (AvgIpc) is 3.46. The Bertz CT molecular complexity index is 1210. The van der Waals surface area contributed by atoms with E-state index < -0.39 is 0 Å². The molecule has 2 aromatic carbocycles. The number of ether oxygens (including phenoxy) is 1. The maximum atomic E-state index is 14.0. The zero-order chi connectivity index (χ0) is 21.9. The second-order valence-electron chi connectivity index (χ2n) is 7.11. The van der Waals surface area contributed by atoms with Crippen LogP contribution in [0.3, 0.4) is 0 Å². The first-order valence-corrected chi connectivity index (χ1v) is 11.0. The van der Waals surface area contributed by atoms with Crippen LogP contribution in [0.2, 0.25) is 0 Å². The highest BCUT2D eigenvalue weighted by Crippen LogP contribution is 2.30. The molecule has 4 aromatic rings. The summed E-state index contributed by atoms with van der Waals surface area (Å²) in [5, 5.41) is 9.32. The van der Waals surface area contributed by atoms with Crippen molar-refractivity contribution in [3.8, 4) is 17.0 Å². The quantitative estimate of drug-likeness (QED) is 0.401. The van der Waals surface area contributed by atoms with E-state index in [9.17, 15) is 8.78 Å². The van der Waals surface area contributed by atoms with Gasteiger partial charge in [-0.15, -0.1) is 10.2 Å². The van der Waals surface area contributed by atoms with Crippen LogP contribution in [0.4, 0.5) is 14.7 Å². The van der Waals surface area contributed by atoms with E-state index in [2.05, 4.69) is 20.1 Å². The van der Waals surface area contributed by atoms with Crippen LogP contribution >= 0.6 is 11.8 Å². The second-order valence-corrected chi connectivity index (χ2v) is 8.05. The number of halogens is 2. The number of thioether (sulfide) groups is 1. The van der Waals surface area contributed by atoms with E-state index in [-0.39, 0.29) is 11.6 Å². The van der Waals surface area contributed by atoms with Crippen LogP contribution in [0, 0.1) is 11.6 Å². The van der Waals surface area contributed by atoms with Crippen LogP contribution in [0.1, 0.15) is 5.89 Å². The van der Waals surface area contributed by atoms with Crippen LogP contribution in [-0.4, -0.2) is 46.1 Å². The summed E-state index contributed by atoms with van der Waals surface area (Å²) in [6.45, 7) is 2.56. The molecule has 0 unspecified atom stereocenters. The number of aromatic nitrogens is 4. The monoisotopic (exact) mass is 455 g/mol. The third kappa shape index (κ3) is 4.37. The Morgan fingerprint density at radius 2 is 1.78 bits per heavy atom. The van der Waals surface area contributed by atoms with Crippen molar-refractivity contribution in [1.29, 1.82) is 0 Å². The molecule has 7 nitrogen and oxygen atoms in total. The zero-order valence-corrected chi connectivity index (χ0v) is 17.8. The molecular formula is C22H19F2N5O2S. The summed E-state index contributed by atoms with van der Waals surface area (Å²) in [5.74, 6) is 1.45. The van der Waals surface area contributed by atoms with E-state index in [1.54, 1.807) is 24.4 Å². The molecular weight excluding hydrogens is 436 g/mol. The molecule has 2 aromatic heterocycles. The third-order valence-electron chi connectivity index (χ3n) is 4.98. The van der Waals surface area contributed by atoms with Crippen LogP contribution in [0.25, 0.3) is 17.0 Å². The molecule has 0 N–H and O–H groups in total. The molecule has 1 aliphatic rings. The fraction of sp³-hybridized carbons (Fsp3) is 0.227. The normalized spacial score (nSPS) is 14.1. The first-order valence-electron chi connectivity index (χ1n) is 10.0. The van der Waals surface area contributed by atoms with Gasteiger partial charge in [-0.2, -0.15) is 0 Å². The largest absolute Gasteiger partial charge is 0.440 e. The van der Waals surface area contributed by atoms with E-state index in [1.165, 1.54) is 36.0 Å². The minimum atomic E-state index is -0.336. The Hall–Kier alpha value is -3.24. The van der Waals surface area contributed by atoms with E-state index in [0.29, 0.717) is 60.5 Å². The molecule has 0 radical (unpaired) electrons. The molecule has 0 saturated carbocycles. The molecule has 10 heteroatoms. The molecule has 1 saturated heterocycles. The molecule has 0 bridgehead atoms. The van der Waals surface area contributed by atoms with Gasteiger partial charge < -0.3 is 14.1 Å². The first kappa shape index (κ1) is 20.7. The van der Waals surface area contributed by atoms with Gasteiger partial charge in [0.25, 0.3) is 0 Å². The highest BCUT2D eigenvalue weighted by Gasteiger charge is 2.22. The van der Waals surface area contributed by atoms with Gasteiger partial charge in [0, 0.05) is 18.7 Å². The number of benzene rings is 2. The summed E-state index contributed by atoms with van der Waals surface area (Å²) in [4.78, 5) is 6.39. The predicted molar refractivity (Wildman–Crippen MR) is 116 cm³/mol. The van der Waals surface area contributed by atoms with Gasteiger partial charge in [-0.05, 0) is 42.5 Å². The number of anilines is 1. The van der Waals surface area contributed by atoms with Crippen molar-refractivity contribution in [3.63, 3.8) is 0 Å². The summed E-state index contributed by atoms with van der Waals surface area (Å²) in [5.41, 5.74) is 1.38. The Balaban J connectivity index is 1.40. The van der Waals surface area contributed by atoms with E-state index in [4.69, 9.17) is 9.15 Å². The summed E-state index contributed by atoms with van der Waals surface area (Å²) in [6, 6.07) is 12.4. The lowest BCUT2D eigenvalue weighted by atomic mass is 10.2. The number of oxazole rings is 1. The van der Waals surface area contributed by atoms with Crippen molar-refractivity contribution in [2.45, 2.75) is 10.9 Å². The van der Waals surface area contributed by atoms with Crippen molar-refractivity contribution in [2.75, 3.05) is 31.2 Å². The van der Waals surface area contributed by atoms with Crippen LogP contribution in [-0.2, 0) is 10.5 Å². The smallest absolute Gasteiger partial charge is 0.232 e. The lowest BCUT2D eigenvalue weighted by Gasteiger charge is -2.27. The fourth-order valence-corrected chi connectivity index (χ4v) is 4.22. The maximum Gasteiger partial charge on any atom is 0.232 e. The standard InChI is InChI=1S/C22H19F2N5O2S/c23-16-6-4-15(5-7-16)19-13-25-20(31-19)14-32-22-27-26-21(28-8-10-30-11-9-28)29(22)18-3-1-2-17(24)12-18/h1-7,12-13H,8-11,14H2. The molecule has 3 heterocycles. The number of morpholine rings is 1. The topological polar surface area (TPSA) is 69.2 Å². The predicted octanol–water partition coefficient (Wildman–Crippen LogP) is 4.33. The molecule has 32 heavy (non-hydrogen) atoms. The molecule has 0 spiro atoms. The van der Waals surface area contributed by atoms with Crippen molar-refractivity contribution in [3.05, 3.63) is 72.3 Å². The third-order valence-corrected chi connectivity index (χ3v) is 5.90. The Kier molecular flexibility index (Phi) is 5.87. The molecule has 5 rings (SSSR count). The van der Waals surface area contributed by atoms with Gasteiger partial charge >= 0.3 is 0 Å². The lowest BCUT2D eigenvalue weighted by molar-refractivity contribution is 0.122. The Labute approximate surface area is 187 Å². The summed E-state index contributed by atoms with van der Waals surface area (Å²) in [6.07, 6.45) is 1.61. The highest BCUT2D eigenvalue weighted by atomic mass is 32.2. The molecule has 0 aliphatic carbocycles. The lowest BCUT2D eigenvalue weighted by Crippen LogP contribution is -2.37. The fourth-order valence-electron chi connectivity index (χ4n) is 3.42. The van der Waals surface area contributed by atoms with E-state index >= 15 is 0 Å². The number of hydrogen-bond donors (Lipinski definition) is 0. The van der Waals surface area contributed by atoms with Crippen LogP contribution < -0.4 is 4.90 Å². The average molecular weight is 455 g/mol. The van der Waals surface area contributed by atoms with Crippen molar-refractivity contribution in [1.82, 2.24) is 19.7 Å². The Morgan fingerprint density at radius 1 is 0.969 bits per heavy atom. The summed E-state index contributed by atoms with van der Waals surface area (Å²) in [7, 11) is 0. The van der Waals surface area contributed by atoms with Gasteiger partial charge in [0.1, 0.15) is 11.6 Å². The molecule has 164 valence electrons. The van der Waals surface area contributed by atoms with Gasteiger partial charge in [0.2, 0.25) is 11.8 Å². The van der Waals surface area contributed by atoms with Crippen molar-refractivity contribution >= 4 is 17.7 Å². The van der Waals surface area contributed by atoms with Crippen LogP contribution in [0.15, 0.2) is 64.3 Å². The molecule has 1 fully saturated rings. The highest BCUT2D eigenvalue weighted by molar-refractivity contribution is 7.98. The van der Waals surface area contributed by atoms with Gasteiger partial charge in [0.05, 0.1) is 30.9 Å². The van der Waals surface area contributed by atoms with Crippen molar-refractivity contribution < 1.29 is 17.9 Å². The number of nitrogens with zero attached hydrogens (tertiary/aromatic N) is 5. The minimum absolute atomic E-state index is 0.309. The van der Waals surface area contributed by atoms with Gasteiger partial charge in [-0.1, -0.05) is 17.8 Å². The van der Waals surface area contributed by atoms with E-state index in [0.717, 1.165) is 5.56 Å². The van der Waals surface area contributed by atoms with Crippen molar-refractivity contribution in [2.24, 2.45) is 0 Å². The Morgan fingerprint density at radius 3 is 2.56 bits per heavy atom. The zero-order valence-electron chi connectivity index (χ0n) is 16.9. The second kappa shape index (κ2) is 9.09. The van der Waals surface area contributed by atoms with Crippen LogP contribution in [0.5, 0.6) is 0 Å². The number of rotatable bonds is 6. The van der Waals surface area contributed by atoms with Gasteiger partial charge in [0.15, 0.2) is 10.9 Å². The minimum Gasteiger partial charge on any atom is -0.440 e. The summed E-state index contributed by atoms with van der Waals surface area (Å²) < 4.78 is 40.2. The summed E-state index contributed by atoms with van der Waals surface area (Å²) >= 11 is 1.39. The molecule has 0 atom stereocenters. The number of hydrogen-bond acceptors (Lipinski definition) is 7. The SMILES string of the molecule is Fc1ccc(-c2cnc(CSc3nnc(N4CCOCC4)n3-c3cccc(F)c3)o2)cc1. The first-order chi connectivity index (χ1) is 15.7. The van der Waals surface area contributed by atoms with Gasteiger partial charge in [-0.25, -0.2) is 13.8 Å². The molecule has 0 amide bonds. The van der Waals surface area contributed by atoms with Gasteiger partial charge in [-0.3, -0.25) is 4.57 Å².